The van der Waals surface area contributed by atoms with E-state index >= 15 is 0 Å². The van der Waals surface area contributed by atoms with Crippen LogP contribution in [0.1, 0.15) is 66.2 Å². The Balaban J connectivity index is 1.57. The number of carbonyl (C=O) groups is 4. The number of imide groups is 1. The summed E-state index contributed by atoms with van der Waals surface area (Å²) in [5, 5.41) is 2.94. The lowest BCUT2D eigenvalue weighted by molar-refractivity contribution is -0.156. The lowest BCUT2D eigenvalue weighted by atomic mass is 9.95. The summed E-state index contributed by atoms with van der Waals surface area (Å²) in [4.78, 5) is 50.1. The third-order valence-corrected chi connectivity index (χ3v) is 5.05. The lowest BCUT2D eigenvalue weighted by Gasteiger charge is -2.25. The maximum Gasteiger partial charge on any atom is 0.327 e. The molecule has 1 atom stereocenters. The van der Waals surface area contributed by atoms with E-state index in [0.717, 1.165) is 30.6 Å². The minimum atomic E-state index is -0.922. The Morgan fingerprint density at radius 1 is 1.11 bits per heavy atom. The van der Waals surface area contributed by atoms with Gasteiger partial charge in [0.25, 0.3) is 17.7 Å². The van der Waals surface area contributed by atoms with Crippen molar-refractivity contribution in [3.05, 3.63) is 35.4 Å². The van der Waals surface area contributed by atoms with Crippen LogP contribution in [0.25, 0.3) is 0 Å². The molecule has 1 saturated carbocycles. The smallest absolute Gasteiger partial charge is 0.327 e. The maximum absolute atomic E-state index is 12.4. The minimum Gasteiger partial charge on any atom is -0.451 e. The van der Waals surface area contributed by atoms with Gasteiger partial charge in [0.1, 0.15) is 6.54 Å². The van der Waals surface area contributed by atoms with Crippen molar-refractivity contribution in [2.45, 2.75) is 57.6 Å². The molecule has 0 aromatic heterocycles. The monoisotopic (exact) mass is 372 g/mol. The molecule has 1 heterocycles. The Morgan fingerprint density at radius 3 is 2.26 bits per heavy atom. The molecule has 144 valence electrons. The van der Waals surface area contributed by atoms with Crippen LogP contribution in [0.5, 0.6) is 0 Å². The van der Waals surface area contributed by atoms with Crippen LogP contribution in [0, 0.1) is 0 Å². The fourth-order valence-corrected chi connectivity index (χ4v) is 3.57. The predicted octanol–water partition coefficient (Wildman–Crippen LogP) is 2.05. The molecule has 2 aliphatic rings. The molecule has 0 radical (unpaired) electrons. The predicted molar refractivity (Wildman–Crippen MR) is 97.0 cm³/mol. The lowest BCUT2D eigenvalue weighted by Crippen LogP contribution is -2.45. The Labute approximate surface area is 158 Å². The number of nitrogens with one attached hydrogen (secondary N) is 1. The maximum atomic E-state index is 12.4. The number of rotatable bonds is 6. The molecule has 1 unspecified atom stereocenters. The molecule has 3 amide bonds. The van der Waals surface area contributed by atoms with Gasteiger partial charge in [-0.1, -0.05) is 38.3 Å². The molecule has 0 bridgehead atoms. The van der Waals surface area contributed by atoms with Gasteiger partial charge < -0.3 is 10.1 Å². The number of esters is 1. The summed E-state index contributed by atoms with van der Waals surface area (Å²) in [5.41, 5.74) is 0.551. The highest BCUT2D eigenvalue weighted by Gasteiger charge is 2.37. The van der Waals surface area contributed by atoms with Crippen LogP contribution in [-0.4, -0.2) is 47.3 Å². The minimum absolute atomic E-state index is 0.121. The topological polar surface area (TPSA) is 92.8 Å². The number of benzene rings is 1. The van der Waals surface area contributed by atoms with E-state index in [4.69, 9.17) is 4.74 Å². The largest absolute Gasteiger partial charge is 0.451 e. The van der Waals surface area contributed by atoms with Gasteiger partial charge in [-0.05, 0) is 31.4 Å². The second-order valence-electron chi connectivity index (χ2n) is 6.97. The quantitative estimate of drug-likeness (QED) is 0.609. The fourth-order valence-electron chi connectivity index (χ4n) is 3.57. The number of nitrogens with zero attached hydrogens (tertiary/aromatic N) is 1. The Morgan fingerprint density at radius 2 is 1.70 bits per heavy atom. The van der Waals surface area contributed by atoms with Gasteiger partial charge >= 0.3 is 5.97 Å². The van der Waals surface area contributed by atoms with Crippen molar-refractivity contribution in [1.82, 2.24) is 10.2 Å². The Hall–Kier alpha value is -2.70. The molecule has 1 N–H and O–H groups in total. The number of amides is 3. The molecule has 1 aliphatic heterocycles. The van der Waals surface area contributed by atoms with Crippen molar-refractivity contribution < 1.29 is 23.9 Å². The average molecular weight is 372 g/mol. The third-order valence-electron chi connectivity index (χ3n) is 5.05. The van der Waals surface area contributed by atoms with E-state index in [1.54, 1.807) is 31.2 Å². The average Bonchev–Trinajstić information content (AvgIpc) is 2.92. The van der Waals surface area contributed by atoms with Crippen molar-refractivity contribution in [2.75, 3.05) is 6.54 Å². The van der Waals surface area contributed by atoms with Gasteiger partial charge in [0, 0.05) is 6.04 Å². The molecule has 1 fully saturated rings. The van der Waals surface area contributed by atoms with Gasteiger partial charge in [0.05, 0.1) is 11.1 Å². The van der Waals surface area contributed by atoms with Crippen LogP contribution >= 0.6 is 0 Å². The first-order chi connectivity index (χ1) is 13.0. The van der Waals surface area contributed by atoms with E-state index in [1.165, 1.54) is 6.42 Å². The molecule has 1 aliphatic carbocycles. The van der Waals surface area contributed by atoms with E-state index in [9.17, 15) is 19.2 Å². The van der Waals surface area contributed by atoms with E-state index in [-0.39, 0.29) is 23.1 Å². The van der Waals surface area contributed by atoms with E-state index in [1.807, 2.05) is 0 Å². The van der Waals surface area contributed by atoms with Gasteiger partial charge in [0.2, 0.25) is 0 Å². The molecular weight excluding hydrogens is 348 g/mol. The highest BCUT2D eigenvalue weighted by Crippen LogP contribution is 2.22. The van der Waals surface area contributed by atoms with Crippen molar-refractivity contribution in [2.24, 2.45) is 0 Å². The number of hydrogen-bond donors (Lipinski definition) is 1. The molecule has 1 aromatic rings. The molecule has 0 saturated heterocycles. The molecular formula is C20H24N2O5. The number of ether oxygens (including phenoxy) is 1. The third kappa shape index (κ3) is 4.18. The van der Waals surface area contributed by atoms with Crippen LogP contribution in [0.2, 0.25) is 0 Å². The highest BCUT2D eigenvalue weighted by atomic mass is 16.5. The Bertz CT molecular complexity index is 719. The van der Waals surface area contributed by atoms with Gasteiger partial charge in [-0.25, -0.2) is 0 Å². The van der Waals surface area contributed by atoms with E-state index in [0.29, 0.717) is 6.42 Å². The van der Waals surface area contributed by atoms with Gasteiger partial charge in [-0.2, -0.15) is 0 Å². The second-order valence-corrected chi connectivity index (χ2v) is 6.97. The van der Waals surface area contributed by atoms with Crippen LogP contribution in [-0.2, 0) is 14.3 Å². The molecule has 0 spiro atoms. The number of carbonyl (C=O) groups excluding carboxylic acids is 4. The van der Waals surface area contributed by atoms with Crippen LogP contribution in [0.15, 0.2) is 24.3 Å². The van der Waals surface area contributed by atoms with Crippen molar-refractivity contribution >= 4 is 23.7 Å². The van der Waals surface area contributed by atoms with Crippen LogP contribution in [0.4, 0.5) is 0 Å². The molecule has 7 heteroatoms. The first kappa shape index (κ1) is 19.1. The van der Waals surface area contributed by atoms with Gasteiger partial charge in [0.15, 0.2) is 6.10 Å². The van der Waals surface area contributed by atoms with Gasteiger partial charge in [-0.15, -0.1) is 0 Å². The zero-order chi connectivity index (χ0) is 19.4. The summed E-state index contributed by atoms with van der Waals surface area (Å²) in [5.74, 6) is -2.13. The first-order valence-corrected chi connectivity index (χ1v) is 9.46. The second kappa shape index (κ2) is 8.33. The summed E-state index contributed by atoms with van der Waals surface area (Å²) in [6.45, 7) is 1.25. The van der Waals surface area contributed by atoms with Crippen LogP contribution < -0.4 is 5.32 Å². The van der Waals surface area contributed by atoms with E-state index < -0.39 is 30.4 Å². The zero-order valence-corrected chi connectivity index (χ0v) is 15.4. The normalized spacial score (nSPS) is 18.2. The summed E-state index contributed by atoms with van der Waals surface area (Å²) >= 11 is 0. The molecule has 3 rings (SSSR count). The van der Waals surface area contributed by atoms with Crippen molar-refractivity contribution in [3.8, 4) is 0 Å². The molecule has 1 aromatic carbocycles. The molecule has 7 nitrogen and oxygen atoms in total. The standard InChI is InChI=1S/C20H24N2O5/c1-2-16(18(24)21-13-8-4-3-5-9-13)27-17(23)12-22-19(25)14-10-6-7-11-15(14)20(22)26/h6-7,10-11,13,16H,2-5,8-9,12H2,1H3,(H,21,24). The summed E-state index contributed by atoms with van der Waals surface area (Å²) < 4.78 is 5.26. The number of hydrogen-bond acceptors (Lipinski definition) is 5. The first-order valence-electron chi connectivity index (χ1n) is 9.46. The SMILES string of the molecule is CCC(OC(=O)CN1C(=O)c2ccccc2C1=O)C(=O)NC1CCCCC1. The summed E-state index contributed by atoms with van der Waals surface area (Å²) in [6.07, 6.45) is 4.62. The zero-order valence-electron chi connectivity index (χ0n) is 15.4. The van der Waals surface area contributed by atoms with Crippen molar-refractivity contribution in [1.29, 1.82) is 0 Å². The van der Waals surface area contributed by atoms with Crippen LogP contribution in [0.3, 0.4) is 0 Å². The summed E-state index contributed by atoms with van der Waals surface area (Å²) in [6, 6.07) is 6.54. The Kier molecular flexibility index (Phi) is 5.88. The van der Waals surface area contributed by atoms with E-state index in [2.05, 4.69) is 5.32 Å². The number of fused-ring (bicyclic) bond motifs is 1. The van der Waals surface area contributed by atoms with Gasteiger partial charge in [-0.3, -0.25) is 24.1 Å². The van der Waals surface area contributed by atoms with Crippen molar-refractivity contribution in [3.63, 3.8) is 0 Å². The summed E-state index contributed by atoms with van der Waals surface area (Å²) in [7, 11) is 0. The molecule has 27 heavy (non-hydrogen) atoms. The fraction of sp³-hybridized carbons (Fsp3) is 0.500. The highest BCUT2D eigenvalue weighted by molar-refractivity contribution is 6.22.